The second-order valence-corrected chi connectivity index (χ2v) is 8.36. The highest BCUT2D eigenvalue weighted by Gasteiger charge is 2.20. The Kier molecular flexibility index (Phi) is 7.09. The van der Waals surface area contributed by atoms with E-state index in [4.69, 9.17) is 9.47 Å². The molecule has 0 bridgehead atoms. The molecule has 0 radical (unpaired) electrons. The Hall–Kier alpha value is -4.70. The SMILES string of the molecule is CCOc1cc(CN[C@@H](Cc2c[nH]c3ccccc23)C(=O)O)ccc1Oc1nnnn1-c1ccccc1. The molecule has 3 aromatic carbocycles. The summed E-state index contributed by atoms with van der Waals surface area (Å²) in [5.41, 5.74) is 3.54. The number of hydrogen-bond donors (Lipinski definition) is 3. The predicted molar refractivity (Wildman–Crippen MR) is 137 cm³/mol. The number of aromatic amines is 1. The predicted octanol–water partition coefficient (Wildman–Crippen LogP) is 4.12. The van der Waals surface area contributed by atoms with Gasteiger partial charge < -0.3 is 24.9 Å². The van der Waals surface area contributed by atoms with Crippen molar-refractivity contribution in [1.82, 2.24) is 30.5 Å². The van der Waals surface area contributed by atoms with Crippen LogP contribution >= 0.6 is 0 Å². The Balaban J connectivity index is 1.31. The van der Waals surface area contributed by atoms with Crippen LogP contribution in [0.25, 0.3) is 16.6 Å². The molecule has 0 saturated heterocycles. The van der Waals surface area contributed by atoms with Crippen molar-refractivity contribution in [2.45, 2.75) is 25.9 Å². The van der Waals surface area contributed by atoms with Gasteiger partial charge in [-0.2, -0.15) is 4.68 Å². The number of tetrazole rings is 1. The average Bonchev–Trinajstić information content (AvgIpc) is 3.55. The molecule has 0 unspecified atom stereocenters. The van der Waals surface area contributed by atoms with Crippen LogP contribution in [0.15, 0.2) is 79.0 Å². The van der Waals surface area contributed by atoms with E-state index >= 15 is 0 Å². The fourth-order valence-corrected chi connectivity index (χ4v) is 4.10. The summed E-state index contributed by atoms with van der Waals surface area (Å²) in [6.45, 7) is 2.64. The molecule has 0 spiro atoms. The van der Waals surface area contributed by atoms with Crippen LogP contribution in [0, 0.1) is 0 Å². The number of H-pyrrole nitrogens is 1. The zero-order valence-corrected chi connectivity index (χ0v) is 20.2. The van der Waals surface area contributed by atoms with Crippen LogP contribution in [-0.4, -0.2) is 48.9 Å². The van der Waals surface area contributed by atoms with Crippen LogP contribution in [0.2, 0.25) is 0 Å². The zero-order valence-electron chi connectivity index (χ0n) is 20.2. The number of ether oxygens (including phenoxy) is 2. The molecule has 10 nitrogen and oxygen atoms in total. The number of benzene rings is 3. The topological polar surface area (TPSA) is 127 Å². The molecule has 5 aromatic rings. The Morgan fingerprint density at radius 3 is 2.70 bits per heavy atom. The number of fused-ring (bicyclic) bond motifs is 1. The lowest BCUT2D eigenvalue weighted by molar-refractivity contribution is -0.139. The molecule has 2 aromatic heterocycles. The van der Waals surface area contributed by atoms with Crippen molar-refractivity contribution in [3.05, 3.63) is 90.1 Å². The van der Waals surface area contributed by atoms with Crippen LogP contribution in [0.4, 0.5) is 0 Å². The monoisotopic (exact) mass is 498 g/mol. The summed E-state index contributed by atoms with van der Waals surface area (Å²) >= 11 is 0. The Morgan fingerprint density at radius 1 is 1.08 bits per heavy atom. The van der Waals surface area contributed by atoms with Gasteiger partial charge in [-0.25, -0.2) is 0 Å². The van der Waals surface area contributed by atoms with Gasteiger partial charge in [-0.05, 0) is 58.8 Å². The van der Waals surface area contributed by atoms with E-state index in [-0.39, 0.29) is 6.01 Å². The van der Waals surface area contributed by atoms with Crippen molar-refractivity contribution in [3.63, 3.8) is 0 Å². The van der Waals surface area contributed by atoms with Crippen LogP contribution in [-0.2, 0) is 17.8 Å². The van der Waals surface area contributed by atoms with Crippen molar-refractivity contribution in [3.8, 4) is 23.2 Å². The maximum atomic E-state index is 12.0. The molecule has 0 aliphatic carbocycles. The van der Waals surface area contributed by atoms with E-state index in [1.807, 2.05) is 79.9 Å². The molecule has 0 amide bonds. The van der Waals surface area contributed by atoms with E-state index < -0.39 is 12.0 Å². The highest BCUT2D eigenvalue weighted by molar-refractivity contribution is 5.84. The molecular weight excluding hydrogens is 472 g/mol. The summed E-state index contributed by atoms with van der Waals surface area (Å²) in [7, 11) is 0. The number of carbonyl (C=O) groups is 1. The lowest BCUT2D eigenvalue weighted by Crippen LogP contribution is -2.38. The van der Waals surface area contributed by atoms with Gasteiger partial charge in [-0.3, -0.25) is 4.79 Å². The lowest BCUT2D eigenvalue weighted by atomic mass is 10.0. The van der Waals surface area contributed by atoms with Crippen LogP contribution in [0.3, 0.4) is 0 Å². The van der Waals surface area contributed by atoms with Gasteiger partial charge in [0.15, 0.2) is 11.5 Å². The summed E-state index contributed by atoms with van der Waals surface area (Å²) < 4.78 is 13.3. The third kappa shape index (κ3) is 5.44. The summed E-state index contributed by atoms with van der Waals surface area (Å²) in [6.07, 6.45) is 2.21. The number of carboxylic acid groups (broad SMARTS) is 1. The molecular formula is C27H26N6O4. The molecule has 10 heteroatoms. The summed E-state index contributed by atoms with van der Waals surface area (Å²) in [5, 5.41) is 25.7. The maximum Gasteiger partial charge on any atom is 0.346 e. The second-order valence-electron chi connectivity index (χ2n) is 8.36. The van der Waals surface area contributed by atoms with Gasteiger partial charge in [0.2, 0.25) is 0 Å². The lowest BCUT2D eigenvalue weighted by Gasteiger charge is -2.16. The van der Waals surface area contributed by atoms with Gasteiger partial charge in [0.1, 0.15) is 6.04 Å². The third-order valence-electron chi connectivity index (χ3n) is 5.90. The molecule has 37 heavy (non-hydrogen) atoms. The largest absolute Gasteiger partial charge is 0.490 e. The smallest absolute Gasteiger partial charge is 0.346 e. The highest BCUT2D eigenvalue weighted by atomic mass is 16.5. The summed E-state index contributed by atoms with van der Waals surface area (Å²) in [4.78, 5) is 15.2. The maximum absolute atomic E-state index is 12.0. The van der Waals surface area contributed by atoms with Crippen molar-refractivity contribution in [2.24, 2.45) is 0 Å². The average molecular weight is 499 g/mol. The Labute approximate surface area is 212 Å². The molecule has 0 fully saturated rings. The number of aromatic nitrogens is 5. The summed E-state index contributed by atoms with van der Waals surface area (Å²) in [6, 6.07) is 22.1. The number of nitrogens with zero attached hydrogens (tertiary/aromatic N) is 4. The van der Waals surface area contributed by atoms with Gasteiger partial charge in [-0.1, -0.05) is 47.6 Å². The molecule has 2 heterocycles. The molecule has 5 rings (SSSR count). The van der Waals surface area contributed by atoms with Crippen molar-refractivity contribution in [1.29, 1.82) is 0 Å². The van der Waals surface area contributed by atoms with Crippen LogP contribution < -0.4 is 14.8 Å². The van der Waals surface area contributed by atoms with Crippen molar-refractivity contribution < 1.29 is 19.4 Å². The standard InChI is InChI=1S/C27H26N6O4/c1-2-36-25-14-18(12-13-24(25)37-27-30-31-32-33(27)20-8-4-3-5-9-20)16-28-23(26(34)35)15-19-17-29-22-11-7-6-10-21(19)22/h3-14,17,23,28-29H,2,15-16H2,1H3,(H,34,35)/t23-/m0/s1. The van der Waals surface area contributed by atoms with E-state index in [2.05, 4.69) is 25.8 Å². The number of para-hydroxylation sites is 2. The molecule has 1 atom stereocenters. The van der Waals surface area contributed by atoms with Gasteiger partial charge in [0.25, 0.3) is 0 Å². The fraction of sp³-hybridized carbons (Fsp3) is 0.185. The van der Waals surface area contributed by atoms with Gasteiger partial charge >= 0.3 is 12.0 Å². The van der Waals surface area contributed by atoms with Crippen LogP contribution in [0.5, 0.6) is 17.5 Å². The van der Waals surface area contributed by atoms with Gasteiger partial charge in [0.05, 0.1) is 12.3 Å². The Morgan fingerprint density at radius 2 is 1.89 bits per heavy atom. The number of aliphatic carboxylic acids is 1. The molecule has 188 valence electrons. The molecule has 3 N–H and O–H groups in total. The first-order chi connectivity index (χ1) is 18.1. The second kappa shape index (κ2) is 10.9. The molecule has 0 aliphatic rings. The molecule has 0 saturated carbocycles. The van der Waals surface area contributed by atoms with Gasteiger partial charge in [0, 0.05) is 30.1 Å². The number of hydrogen-bond acceptors (Lipinski definition) is 7. The normalized spacial score (nSPS) is 11.9. The van der Waals surface area contributed by atoms with Crippen molar-refractivity contribution in [2.75, 3.05) is 6.61 Å². The first kappa shape index (κ1) is 24.0. The first-order valence-corrected chi connectivity index (χ1v) is 11.9. The van der Waals surface area contributed by atoms with E-state index in [0.717, 1.165) is 27.7 Å². The first-order valence-electron chi connectivity index (χ1n) is 11.9. The minimum absolute atomic E-state index is 0.197. The number of rotatable bonds is 11. The fourth-order valence-electron chi connectivity index (χ4n) is 4.10. The van der Waals surface area contributed by atoms with E-state index in [1.165, 1.54) is 4.68 Å². The number of nitrogens with one attached hydrogen (secondary N) is 2. The van der Waals surface area contributed by atoms with E-state index in [1.54, 1.807) is 6.07 Å². The van der Waals surface area contributed by atoms with Crippen molar-refractivity contribution >= 4 is 16.9 Å². The van der Waals surface area contributed by atoms with Crippen LogP contribution in [0.1, 0.15) is 18.1 Å². The Bertz CT molecular complexity index is 1500. The number of carboxylic acids is 1. The molecule has 0 aliphatic heterocycles. The quantitative estimate of drug-likeness (QED) is 0.248. The summed E-state index contributed by atoms with van der Waals surface area (Å²) in [5.74, 6) is 0.0436. The van der Waals surface area contributed by atoms with E-state index in [9.17, 15) is 9.90 Å². The van der Waals surface area contributed by atoms with E-state index in [0.29, 0.717) is 31.1 Å². The highest BCUT2D eigenvalue weighted by Crippen LogP contribution is 2.32. The van der Waals surface area contributed by atoms with Gasteiger partial charge in [-0.15, -0.1) is 0 Å². The zero-order chi connectivity index (χ0) is 25.6. The third-order valence-corrected chi connectivity index (χ3v) is 5.90. The minimum atomic E-state index is -0.914. The minimum Gasteiger partial charge on any atom is -0.490 e.